The van der Waals surface area contributed by atoms with E-state index in [1.54, 1.807) is 48.1 Å². The first kappa shape index (κ1) is 22.7. The van der Waals surface area contributed by atoms with Crippen molar-refractivity contribution in [2.75, 3.05) is 17.7 Å². The molecule has 0 saturated carbocycles. The molecule has 0 unspecified atom stereocenters. The third kappa shape index (κ3) is 5.31. The van der Waals surface area contributed by atoms with Gasteiger partial charge in [0.25, 0.3) is 0 Å². The summed E-state index contributed by atoms with van der Waals surface area (Å²) in [6, 6.07) is 10.5. The molecule has 1 amide bonds. The first-order chi connectivity index (χ1) is 16.1. The van der Waals surface area contributed by atoms with Crippen molar-refractivity contribution < 1.29 is 14.3 Å². The minimum atomic E-state index is -0.488. The number of carbonyl (C=O) groups excluding carboxylic acids is 2. The number of ether oxygens (including phenoxy) is 1. The second-order valence-corrected chi connectivity index (χ2v) is 8.49. The highest BCUT2D eigenvalue weighted by Crippen LogP contribution is 2.29. The number of hydrogen-bond donors (Lipinski definition) is 1. The number of carbonyl (C=O) groups is 2. The Morgan fingerprint density at radius 1 is 1.15 bits per heavy atom. The number of rotatable bonds is 8. The number of hydrogen-bond acceptors (Lipinski definition) is 7. The summed E-state index contributed by atoms with van der Waals surface area (Å²) in [6.07, 6.45) is 6.00. The van der Waals surface area contributed by atoms with Crippen LogP contribution in [0.25, 0.3) is 0 Å². The lowest BCUT2D eigenvalue weighted by Gasteiger charge is -2.14. The van der Waals surface area contributed by atoms with Gasteiger partial charge in [0.15, 0.2) is 0 Å². The highest BCUT2D eigenvalue weighted by molar-refractivity contribution is 8.00. The molecule has 0 bridgehead atoms. The number of fused-ring (bicyclic) bond motifs is 1. The predicted octanol–water partition coefficient (Wildman–Crippen LogP) is 3.08. The molecular weight excluding hydrogens is 440 g/mol. The SMILES string of the molecule is CCOC(=O)c1ccccc1NC(=O)CSc1nc(=O)n(Cc2ccncc2)c2c1CCC2. The lowest BCUT2D eigenvalue weighted by Crippen LogP contribution is -2.28. The Morgan fingerprint density at radius 3 is 2.73 bits per heavy atom. The van der Waals surface area contributed by atoms with Gasteiger partial charge in [-0.2, -0.15) is 4.98 Å². The third-order valence-electron chi connectivity index (χ3n) is 5.33. The van der Waals surface area contributed by atoms with Crippen LogP contribution >= 0.6 is 11.8 Å². The van der Waals surface area contributed by atoms with Crippen LogP contribution in [0.3, 0.4) is 0 Å². The zero-order chi connectivity index (χ0) is 23.2. The topological polar surface area (TPSA) is 103 Å². The van der Waals surface area contributed by atoms with Gasteiger partial charge in [0, 0.05) is 23.7 Å². The van der Waals surface area contributed by atoms with Crippen LogP contribution < -0.4 is 11.0 Å². The van der Waals surface area contributed by atoms with Crippen molar-refractivity contribution in [2.24, 2.45) is 0 Å². The molecule has 1 aromatic carbocycles. The molecule has 33 heavy (non-hydrogen) atoms. The van der Waals surface area contributed by atoms with E-state index >= 15 is 0 Å². The number of amides is 1. The maximum Gasteiger partial charge on any atom is 0.349 e. The minimum absolute atomic E-state index is 0.0738. The molecule has 1 N–H and O–H groups in total. The van der Waals surface area contributed by atoms with E-state index in [4.69, 9.17) is 4.74 Å². The van der Waals surface area contributed by atoms with Gasteiger partial charge >= 0.3 is 11.7 Å². The van der Waals surface area contributed by atoms with E-state index in [0.717, 1.165) is 36.1 Å². The van der Waals surface area contributed by atoms with Gasteiger partial charge < -0.3 is 10.1 Å². The number of anilines is 1. The van der Waals surface area contributed by atoms with Crippen LogP contribution in [0.4, 0.5) is 5.69 Å². The van der Waals surface area contributed by atoms with Crippen LogP contribution in [0.15, 0.2) is 58.6 Å². The maximum atomic E-state index is 12.8. The van der Waals surface area contributed by atoms with Crippen LogP contribution in [0.2, 0.25) is 0 Å². The third-order valence-corrected chi connectivity index (χ3v) is 6.34. The summed E-state index contributed by atoms with van der Waals surface area (Å²) >= 11 is 1.24. The van der Waals surface area contributed by atoms with E-state index < -0.39 is 5.97 Å². The fourth-order valence-electron chi connectivity index (χ4n) is 3.84. The molecule has 3 aromatic rings. The first-order valence-corrected chi connectivity index (χ1v) is 11.8. The molecule has 0 atom stereocenters. The monoisotopic (exact) mass is 464 g/mol. The molecule has 4 rings (SSSR count). The van der Waals surface area contributed by atoms with Crippen LogP contribution in [0, 0.1) is 0 Å². The van der Waals surface area contributed by atoms with Crippen molar-refractivity contribution in [3.8, 4) is 0 Å². The van der Waals surface area contributed by atoms with Gasteiger partial charge in [-0.05, 0) is 56.0 Å². The van der Waals surface area contributed by atoms with E-state index in [0.29, 0.717) is 22.8 Å². The number of para-hydroxylation sites is 1. The van der Waals surface area contributed by atoms with Gasteiger partial charge in [-0.3, -0.25) is 14.3 Å². The second-order valence-electron chi connectivity index (χ2n) is 7.52. The Balaban J connectivity index is 1.48. The molecule has 0 saturated heterocycles. The highest BCUT2D eigenvalue weighted by Gasteiger charge is 2.23. The molecule has 0 aliphatic heterocycles. The summed E-state index contributed by atoms with van der Waals surface area (Å²) < 4.78 is 6.77. The number of pyridine rings is 1. The number of esters is 1. The second kappa shape index (κ2) is 10.4. The standard InChI is InChI=1S/C24H24N4O4S/c1-2-32-23(30)17-6-3-4-8-19(17)26-21(29)15-33-22-18-7-5-9-20(18)28(24(31)27-22)14-16-10-12-25-13-11-16/h3-4,6,8,10-13H,2,5,7,9,14-15H2,1H3,(H,26,29). The van der Waals surface area contributed by atoms with E-state index in [1.165, 1.54) is 11.8 Å². The summed E-state index contributed by atoms with van der Waals surface area (Å²) in [7, 11) is 0. The number of benzene rings is 1. The van der Waals surface area contributed by atoms with Crippen LogP contribution in [-0.4, -0.2) is 38.8 Å². The Hall–Kier alpha value is -3.46. The number of nitrogens with zero attached hydrogens (tertiary/aromatic N) is 3. The zero-order valence-corrected chi connectivity index (χ0v) is 19.1. The fourth-order valence-corrected chi connectivity index (χ4v) is 4.72. The maximum absolute atomic E-state index is 12.8. The van der Waals surface area contributed by atoms with E-state index in [9.17, 15) is 14.4 Å². The van der Waals surface area contributed by atoms with Crippen LogP contribution in [0.1, 0.15) is 40.5 Å². The summed E-state index contributed by atoms with van der Waals surface area (Å²) in [5.74, 6) is -0.700. The highest BCUT2D eigenvalue weighted by atomic mass is 32.2. The van der Waals surface area contributed by atoms with Gasteiger partial charge in [0.05, 0.1) is 30.2 Å². The van der Waals surface area contributed by atoms with Crippen molar-refractivity contribution >= 4 is 29.3 Å². The van der Waals surface area contributed by atoms with Crippen molar-refractivity contribution in [1.82, 2.24) is 14.5 Å². The Labute approximate surface area is 195 Å². The molecule has 2 heterocycles. The largest absolute Gasteiger partial charge is 0.462 e. The molecular formula is C24H24N4O4S. The summed E-state index contributed by atoms with van der Waals surface area (Å²) in [5.41, 5.74) is 3.39. The smallest absolute Gasteiger partial charge is 0.349 e. The van der Waals surface area contributed by atoms with Gasteiger partial charge in [-0.25, -0.2) is 9.59 Å². The average Bonchev–Trinajstić information content (AvgIpc) is 3.31. The molecule has 9 heteroatoms. The first-order valence-electron chi connectivity index (χ1n) is 10.8. The number of thioether (sulfide) groups is 1. The Bertz CT molecular complexity index is 1230. The summed E-state index contributed by atoms with van der Waals surface area (Å²) in [6.45, 7) is 2.43. The van der Waals surface area contributed by atoms with Crippen molar-refractivity contribution in [3.63, 3.8) is 0 Å². The molecule has 2 aromatic heterocycles. The van der Waals surface area contributed by atoms with Gasteiger partial charge in [0.1, 0.15) is 5.03 Å². The lowest BCUT2D eigenvalue weighted by molar-refractivity contribution is -0.113. The molecule has 1 aliphatic rings. The van der Waals surface area contributed by atoms with Crippen molar-refractivity contribution in [2.45, 2.75) is 37.8 Å². The van der Waals surface area contributed by atoms with Gasteiger partial charge in [0.2, 0.25) is 5.91 Å². The minimum Gasteiger partial charge on any atom is -0.462 e. The molecule has 170 valence electrons. The molecule has 0 fully saturated rings. The van der Waals surface area contributed by atoms with Crippen LogP contribution in [0.5, 0.6) is 0 Å². The predicted molar refractivity (Wildman–Crippen MR) is 126 cm³/mol. The lowest BCUT2D eigenvalue weighted by atomic mass is 10.2. The normalized spacial score (nSPS) is 12.3. The summed E-state index contributed by atoms with van der Waals surface area (Å²) in [5, 5.41) is 3.37. The van der Waals surface area contributed by atoms with Crippen molar-refractivity contribution in [1.29, 1.82) is 0 Å². The molecule has 0 spiro atoms. The molecule has 8 nitrogen and oxygen atoms in total. The molecule has 0 radical (unpaired) electrons. The quantitative estimate of drug-likeness (QED) is 0.310. The van der Waals surface area contributed by atoms with Gasteiger partial charge in [-0.1, -0.05) is 23.9 Å². The fraction of sp³-hybridized carbons (Fsp3) is 0.292. The van der Waals surface area contributed by atoms with Crippen molar-refractivity contribution in [3.05, 3.63) is 81.7 Å². The van der Waals surface area contributed by atoms with Gasteiger partial charge in [-0.15, -0.1) is 0 Å². The number of nitrogens with one attached hydrogen (secondary N) is 1. The van der Waals surface area contributed by atoms with E-state index in [-0.39, 0.29) is 24.0 Å². The van der Waals surface area contributed by atoms with E-state index in [2.05, 4.69) is 15.3 Å². The average molecular weight is 465 g/mol. The zero-order valence-electron chi connectivity index (χ0n) is 18.2. The molecule has 1 aliphatic carbocycles. The van der Waals surface area contributed by atoms with Crippen LogP contribution in [-0.2, 0) is 28.9 Å². The Morgan fingerprint density at radius 2 is 1.94 bits per heavy atom. The number of aromatic nitrogens is 3. The summed E-state index contributed by atoms with van der Waals surface area (Å²) in [4.78, 5) is 45.8. The Kier molecular flexibility index (Phi) is 7.19. The van der Waals surface area contributed by atoms with E-state index in [1.807, 2.05) is 12.1 Å².